The predicted octanol–water partition coefficient (Wildman–Crippen LogP) is 0.549. The number of carbonyl (C=O) groups excluding carboxylic acids is 3. The highest BCUT2D eigenvalue weighted by molar-refractivity contribution is 5.93. The van der Waals surface area contributed by atoms with E-state index in [1.807, 2.05) is 0 Å². The first-order chi connectivity index (χ1) is 8.24. The number of carbonyl (C=O) groups is 3. The van der Waals surface area contributed by atoms with Crippen LogP contribution in [0.3, 0.4) is 0 Å². The molecular weight excluding hydrogens is 220 g/mol. The van der Waals surface area contributed by atoms with E-state index in [0.29, 0.717) is 6.42 Å². The number of nitrogens with one attached hydrogen (secondary N) is 2. The van der Waals surface area contributed by atoms with E-state index in [1.165, 1.54) is 0 Å². The van der Waals surface area contributed by atoms with Crippen molar-refractivity contribution >= 4 is 18.1 Å². The summed E-state index contributed by atoms with van der Waals surface area (Å²) >= 11 is 0. The molecule has 2 N–H and O–H groups in total. The largest absolute Gasteiger partial charge is 0.303 e. The molecule has 0 radical (unpaired) electrons. The fourth-order valence-electron chi connectivity index (χ4n) is 3.01. The maximum absolute atomic E-state index is 11.9. The minimum atomic E-state index is -0.325. The highest BCUT2D eigenvalue weighted by Gasteiger charge is 2.42. The Balaban J connectivity index is 2.21. The summed E-state index contributed by atoms with van der Waals surface area (Å²) in [6.07, 6.45) is 5.95. The Morgan fingerprint density at radius 2 is 1.76 bits per heavy atom. The van der Waals surface area contributed by atoms with Crippen LogP contribution in [0.25, 0.3) is 0 Å². The molecule has 0 spiro atoms. The molecule has 2 fully saturated rings. The molecule has 1 aliphatic heterocycles. The number of aldehydes is 1. The van der Waals surface area contributed by atoms with E-state index in [4.69, 9.17) is 0 Å². The van der Waals surface area contributed by atoms with Gasteiger partial charge in [0.25, 0.3) is 0 Å². The lowest BCUT2D eigenvalue weighted by Crippen LogP contribution is -2.58. The molecule has 1 aliphatic carbocycles. The summed E-state index contributed by atoms with van der Waals surface area (Å²) in [5, 5.41) is 0. The molecule has 5 nitrogen and oxygen atoms in total. The lowest BCUT2D eigenvalue weighted by molar-refractivity contribution is -0.146. The summed E-state index contributed by atoms with van der Waals surface area (Å²) in [5.41, 5.74) is 4.83. The Kier molecular flexibility index (Phi) is 3.76. The van der Waals surface area contributed by atoms with Gasteiger partial charge in [-0.3, -0.25) is 20.4 Å². The van der Waals surface area contributed by atoms with Crippen molar-refractivity contribution in [2.45, 2.75) is 38.5 Å². The molecule has 3 unspecified atom stereocenters. The van der Waals surface area contributed by atoms with Crippen molar-refractivity contribution in [1.29, 1.82) is 0 Å². The molecule has 1 saturated carbocycles. The molecule has 2 amide bonds. The average molecular weight is 238 g/mol. The molecule has 0 aromatic heterocycles. The maximum Gasteiger partial charge on any atom is 0.242 e. The average Bonchev–Trinajstić information content (AvgIpc) is 2.28. The van der Waals surface area contributed by atoms with Gasteiger partial charge in [-0.1, -0.05) is 19.3 Å². The van der Waals surface area contributed by atoms with E-state index in [2.05, 4.69) is 10.9 Å². The normalized spacial score (nSPS) is 33.8. The van der Waals surface area contributed by atoms with Gasteiger partial charge in [0.15, 0.2) is 0 Å². The number of amides is 2. The van der Waals surface area contributed by atoms with Crippen LogP contribution in [-0.4, -0.2) is 18.1 Å². The summed E-state index contributed by atoms with van der Waals surface area (Å²) in [4.78, 5) is 34.4. The zero-order valence-corrected chi connectivity index (χ0v) is 9.78. The van der Waals surface area contributed by atoms with Gasteiger partial charge in [0.05, 0.1) is 11.8 Å². The first-order valence-corrected chi connectivity index (χ1v) is 6.27. The molecule has 0 aromatic carbocycles. The van der Waals surface area contributed by atoms with Gasteiger partial charge in [0, 0.05) is 6.42 Å². The highest BCUT2D eigenvalue weighted by atomic mass is 16.2. The molecule has 5 heteroatoms. The van der Waals surface area contributed by atoms with Crippen LogP contribution in [0.15, 0.2) is 0 Å². The van der Waals surface area contributed by atoms with Crippen LogP contribution in [0, 0.1) is 17.8 Å². The molecule has 1 saturated heterocycles. The van der Waals surface area contributed by atoms with Crippen LogP contribution in [-0.2, 0) is 14.4 Å². The van der Waals surface area contributed by atoms with Crippen LogP contribution in [0.2, 0.25) is 0 Å². The number of hydrogen-bond acceptors (Lipinski definition) is 3. The first kappa shape index (κ1) is 12.1. The van der Waals surface area contributed by atoms with E-state index < -0.39 is 0 Å². The number of hydrazine groups is 1. The summed E-state index contributed by atoms with van der Waals surface area (Å²) < 4.78 is 0. The molecular formula is C12H18N2O3. The van der Waals surface area contributed by atoms with Crippen molar-refractivity contribution in [3.05, 3.63) is 0 Å². The van der Waals surface area contributed by atoms with E-state index in [-0.39, 0.29) is 29.6 Å². The van der Waals surface area contributed by atoms with Crippen LogP contribution >= 0.6 is 0 Å². The van der Waals surface area contributed by atoms with E-state index >= 15 is 0 Å². The Labute approximate surface area is 100 Å². The van der Waals surface area contributed by atoms with Crippen molar-refractivity contribution in [3.8, 4) is 0 Å². The Morgan fingerprint density at radius 3 is 2.53 bits per heavy atom. The fraction of sp³-hybridized carbons (Fsp3) is 0.750. The lowest BCUT2D eigenvalue weighted by Gasteiger charge is -2.36. The molecule has 0 bridgehead atoms. The first-order valence-electron chi connectivity index (χ1n) is 6.27. The van der Waals surface area contributed by atoms with E-state index in [1.54, 1.807) is 0 Å². The van der Waals surface area contributed by atoms with Crippen molar-refractivity contribution in [3.63, 3.8) is 0 Å². The topological polar surface area (TPSA) is 75.3 Å². The molecule has 2 aliphatic rings. The molecule has 17 heavy (non-hydrogen) atoms. The third-order valence-corrected chi connectivity index (χ3v) is 3.88. The minimum Gasteiger partial charge on any atom is -0.303 e. The summed E-state index contributed by atoms with van der Waals surface area (Å²) in [7, 11) is 0. The second-order valence-electron chi connectivity index (χ2n) is 4.91. The van der Waals surface area contributed by atoms with Crippen molar-refractivity contribution in [1.82, 2.24) is 10.9 Å². The number of rotatable bonds is 2. The summed E-state index contributed by atoms with van der Waals surface area (Å²) in [6, 6.07) is 0. The standard InChI is InChI=1S/C12H18N2O3/c15-7-6-8-4-2-1-3-5-9-10(8)12(17)14-13-11(9)16/h7-10H,1-6H2,(H,13,16)(H,14,17). The fourth-order valence-corrected chi connectivity index (χ4v) is 3.01. The van der Waals surface area contributed by atoms with Gasteiger partial charge in [-0.15, -0.1) is 0 Å². The maximum atomic E-state index is 11.9. The third-order valence-electron chi connectivity index (χ3n) is 3.88. The molecule has 1 heterocycles. The lowest BCUT2D eigenvalue weighted by atomic mass is 9.72. The SMILES string of the molecule is O=CCC1CCCCCC2C(=O)NNC(=O)C12. The molecule has 3 atom stereocenters. The van der Waals surface area contributed by atoms with Crippen LogP contribution in [0.1, 0.15) is 38.5 Å². The van der Waals surface area contributed by atoms with Gasteiger partial charge < -0.3 is 4.79 Å². The van der Waals surface area contributed by atoms with Crippen LogP contribution in [0.5, 0.6) is 0 Å². The summed E-state index contributed by atoms with van der Waals surface area (Å²) in [6.45, 7) is 0. The Bertz CT molecular complexity index is 330. The second kappa shape index (κ2) is 5.29. The summed E-state index contributed by atoms with van der Waals surface area (Å²) in [5.74, 6) is -0.803. The van der Waals surface area contributed by atoms with E-state index in [9.17, 15) is 14.4 Å². The monoisotopic (exact) mass is 238 g/mol. The minimum absolute atomic E-state index is 0.0175. The van der Waals surface area contributed by atoms with Gasteiger partial charge in [0.1, 0.15) is 6.29 Å². The molecule has 0 aromatic rings. The van der Waals surface area contributed by atoms with Crippen molar-refractivity contribution < 1.29 is 14.4 Å². The van der Waals surface area contributed by atoms with Gasteiger partial charge in [-0.25, -0.2) is 0 Å². The predicted molar refractivity (Wildman–Crippen MR) is 60.5 cm³/mol. The Morgan fingerprint density at radius 1 is 1.06 bits per heavy atom. The third kappa shape index (κ3) is 2.48. The van der Waals surface area contributed by atoms with Gasteiger partial charge >= 0.3 is 0 Å². The zero-order chi connectivity index (χ0) is 12.3. The number of fused-ring (bicyclic) bond motifs is 1. The molecule has 2 rings (SSSR count). The zero-order valence-electron chi connectivity index (χ0n) is 9.78. The van der Waals surface area contributed by atoms with Crippen LogP contribution < -0.4 is 10.9 Å². The van der Waals surface area contributed by atoms with Gasteiger partial charge in [-0.2, -0.15) is 0 Å². The van der Waals surface area contributed by atoms with Gasteiger partial charge in [0.2, 0.25) is 11.8 Å². The highest BCUT2D eigenvalue weighted by Crippen LogP contribution is 2.35. The second-order valence-corrected chi connectivity index (χ2v) is 4.91. The van der Waals surface area contributed by atoms with Crippen molar-refractivity contribution in [2.75, 3.05) is 0 Å². The smallest absolute Gasteiger partial charge is 0.242 e. The van der Waals surface area contributed by atoms with Crippen molar-refractivity contribution in [2.24, 2.45) is 17.8 Å². The Hall–Kier alpha value is -1.39. The number of hydrogen-bond donors (Lipinski definition) is 2. The van der Waals surface area contributed by atoms with E-state index in [0.717, 1.165) is 38.4 Å². The van der Waals surface area contributed by atoms with Gasteiger partial charge in [-0.05, 0) is 18.8 Å². The quantitative estimate of drug-likeness (QED) is 0.690. The van der Waals surface area contributed by atoms with Crippen LogP contribution in [0.4, 0.5) is 0 Å². The molecule has 94 valence electrons.